The first-order chi connectivity index (χ1) is 18.6. The molecule has 0 spiro atoms. The zero-order valence-electron chi connectivity index (χ0n) is 23.1. The van der Waals surface area contributed by atoms with Crippen LogP contribution in [-0.2, 0) is 14.8 Å². The highest BCUT2D eigenvalue weighted by Gasteiger charge is 2.47. The molecule has 0 bridgehead atoms. The molecule has 0 N–H and O–H groups in total. The lowest BCUT2D eigenvalue weighted by atomic mass is 9.85. The lowest BCUT2D eigenvalue weighted by Gasteiger charge is -2.42. The molecule has 2 atom stereocenters. The Morgan fingerprint density at radius 3 is 2.13 bits per heavy atom. The fourth-order valence-electron chi connectivity index (χ4n) is 4.42. The number of carbonyl (C=O) groups is 1. The molecule has 0 fully saturated rings. The summed E-state index contributed by atoms with van der Waals surface area (Å²) in [5, 5.41) is 0. The molecule has 0 heterocycles. The number of carbonyl (C=O) groups excluding carboxylic acids is 1. The third-order valence-corrected chi connectivity index (χ3v) is 8.41. The van der Waals surface area contributed by atoms with Gasteiger partial charge < -0.3 is 4.74 Å². The van der Waals surface area contributed by atoms with Gasteiger partial charge in [0.1, 0.15) is 0 Å². The van der Waals surface area contributed by atoms with E-state index in [1.54, 1.807) is 54.6 Å². The first-order valence-electron chi connectivity index (χ1n) is 13.2. The molecule has 3 aromatic carbocycles. The molecular formula is C33H37NO4S. The van der Waals surface area contributed by atoms with Gasteiger partial charge in [-0.05, 0) is 68.0 Å². The summed E-state index contributed by atoms with van der Waals surface area (Å²) in [6, 6.07) is 24.1. The van der Waals surface area contributed by atoms with Crippen molar-refractivity contribution in [2.45, 2.75) is 57.1 Å². The van der Waals surface area contributed by atoms with Crippen molar-refractivity contribution in [3.63, 3.8) is 0 Å². The van der Waals surface area contributed by atoms with Crippen molar-refractivity contribution in [3.8, 4) is 11.8 Å². The molecule has 0 saturated heterocycles. The molecule has 0 radical (unpaired) electrons. The second-order valence-corrected chi connectivity index (χ2v) is 11.8. The van der Waals surface area contributed by atoms with Crippen LogP contribution in [-0.4, -0.2) is 36.9 Å². The Labute approximate surface area is 233 Å². The highest BCUT2D eigenvalue weighted by Crippen LogP contribution is 2.34. The Bertz CT molecular complexity index is 1410. The summed E-state index contributed by atoms with van der Waals surface area (Å²) in [5.41, 5.74) is 0.632. The molecule has 3 rings (SSSR count). The molecule has 5 nitrogen and oxygen atoms in total. The molecule has 204 valence electrons. The average Bonchev–Trinajstić information content (AvgIpc) is 2.94. The Hall–Kier alpha value is -3.66. The van der Waals surface area contributed by atoms with Gasteiger partial charge in [-0.25, -0.2) is 13.2 Å². The van der Waals surface area contributed by atoms with Gasteiger partial charge in [0.05, 0.1) is 16.5 Å². The van der Waals surface area contributed by atoms with E-state index in [0.717, 1.165) is 11.1 Å². The van der Waals surface area contributed by atoms with Crippen LogP contribution in [0.2, 0.25) is 0 Å². The van der Waals surface area contributed by atoms with Crippen molar-refractivity contribution in [2.24, 2.45) is 5.92 Å². The van der Waals surface area contributed by atoms with Gasteiger partial charge in [0.25, 0.3) is 0 Å². The van der Waals surface area contributed by atoms with Crippen LogP contribution >= 0.6 is 0 Å². The average molecular weight is 544 g/mol. The standard InChI is InChI=1S/C33H37NO4S/c1-6-24-34(39(36,37)30-20-18-27(5)19-21-30)31(25-26(3)4)33(7-2,23-22-28-14-10-8-11-15-28)38-32(35)29-16-12-9-13-17-29/h6,8-21,26,31H,1,7,24-25H2,2-5H3/t31-,33-/m0/s1. The summed E-state index contributed by atoms with van der Waals surface area (Å²) < 4.78 is 36.0. The van der Waals surface area contributed by atoms with Gasteiger partial charge in [0, 0.05) is 12.1 Å². The monoisotopic (exact) mass is 543 g/mol. The van der Waals surface area contributed by atoms with E-state index in [-0.39, 0.29) is 23.8 Å². The van der Waals surface area contributed by atoms with Crippen molar-refractivity contribution in [2.75, 3.05) is 6.54 Å². The molecule has 0 aliphatic rings. The lowest BCUT2D eigenvalue weighted by Crippen LogP contribution is -2.56. The quantitative estimate of drug-likeness (QED) is 0.154. The number of nitrogens with zero attached hydrogens (tertiary/aromatic N) is 1. The van der Waals surface area contributed by atoms with Crippen LogP contribution in [0.15, 0.2) is 102 Å². The lowest BCUT2D eigenvalue weighted by molar-refractivity contribution is -0.0264. The Morgan fingerprint density at radius 2 is 1.59 bits per heavy atom. The largest absolute Gasteiger partial charge is 0.440 e. The molecule has 0 aromatic heterocycles. The zero-order chi connectivity index (χ0) is 28.5. The smallest absolute Gasteiger partial charge is 0.339 e. The fourth-order valence-corrected chi connectivity index (χ4v) is 6.07. The van der Waals surface area contributed by atoms with Gasteiger partial charge >= 0.3 is 5.97 Å². The number of benzene rings is 3. The maximum atomic E-state index is 14.1. The van der Waals surface area contributed by atoms with Gasteiger partial charge in [0.15, 0.2) is 5.60 Å². The molecule has 0 aliphatic carbocycles. The van der Waals surface area contributed by atoms with Gasteiger partial charge in [-0.3, -0.25) is 0 Å². The van der Waals surface area contributed by atoms with E-state index in [9.17, 15) is 13.2 Å². The Kier molecular flexibility index (Phi) is 10.3. The Morgan fingerprint density at radius 1 is 1.00 bits per heavy atom. The van der Waals surface area contributed by atoms with Gasteiger partial charge in [-0.1, -0.05) is 86.9 Å². The molecule has 6 heteroatoms. The van der Waals surface area contributed by atoms with E-state index in [4.69, 9.17) is 4.74 Å². The summed E-state index contributed by atoms with van der Waals surface area (Å²) in [6.07, 6.45) is 2.25. The van der Waals surface area contributed by atoms with E-state index in [0.29, 0.717) is 12.0 Å². The summed E-state index contributed by atoms with van der Waals surface area (Å²) in [7, 11) is -4.00. The fraction of sp³-hybridized carbons (Fsp3) is 0.303. The van der Waals surface area contributed by atoms with Crippen molar-refractivity contribution in [1.82, 2.24) is 4.31 Å². The number of esters is 1. The van der Waals surface area contributed by atoms with Crippen LogP contribution in [0.5, 0.6) is 0 Å². The second-order valence-electron chi connectivity index (χ2n) is 9.94. The number of hydrogen-bond acceptors (Lipinski definition) is 4. The Balaban J connectivity index is 2.24. The number of hydrogen-bond donors (Lipinski definition) is 0. The van der Waals surface area contributed by atoms with E-state index < -0.39 is 27.6 Å². The predicted molar refractivity (Wildman–Crippen MR) is 157 cm³/mol. The van der Waals surface area contributed by atoms with Crippen LogP contribution in [0.25, 0.3) is 0 Å². The van der Waals surface area contributed by atoms with Crippen LogP contribution < -0.4 is 0 Å². The minimum atomic E-state index is -4.00. The van der Waals surface area contributed by atoms with E-state index in [1.165, 1.54) is 4.31 Å². The van der Waals surface area contributed by atoms with Gasteiger partial charge in [-0.15, -0.1) is 6.58 Å². The summed E-state index contributed by atoms with van der Waals surface area (Å²) in [4.78, 5) is 13.6. The topological polar surface area (TPSA) is 63.7 Å². The second kappa shape index (κ2) is 13.4. The molecule has 0 amide bonds. The van der Waals surface area contributed by atoms with Crippen molar-refractivity contribution in [3.05, 3.63) is 114 Å². The molecule has 3 aromatic rings. The summed E-state index contributed by atoms with van der Waals surface area (Å²) >= 11 is 0. The number of rotatable bonds is 11. The maximum Gasteiger partial charge on any atom is 0.339 e. The molecular weight excluding hydrogens is 506 g/mol. The predicted octanol–water partition coefficient (Wildman–Crippen LogP) is 6.64. The zero-order valence-corrected chi connectivity index (χ0v) is 23.9. The minimum Gasteiger partial charge on any atom is -0.440 e. The highest BCUT2D eigenvalue weighted by molar-refractivity contribution is 7.89. The molecule has 0 aliphatic heterocycles. The first-order valence-corrected chi connectivity index (χ1v) is 14.6. The van der Waals surface area contributed by atoms with Crippen LogP contribution in [0.3, 0.4) is 0 Å². The molecule has 39 heavy (non-hydrogen) atoms. The summed E-state index contributed by atoms with van der Waals surface area (Å²) in [6.45, 7) is 11.7. The van der Waals surface area contributed by atoms with Crippen molar-refractivity contribution < 1.29 is 17.9 Å². The van der Waals surface area contributed by atoms with E-state index in [2.05, 4.69) is 18.4 Å². The number of sulfonamides is 1. The minimum absolute atomic E-state index is 0.0330. The number of aryl methyl sites for hydroxylation is 1. The maximum absolute atomic E-state index is 14.1. The van der Waals surface area contributed by atoms with Crippen LogP contribution in [0.4, 0.5) is 0 Å². The van der Waals surface area contributed by atoms with E-state index in [1.807, 2.05) is 64.1 Å². The first kappa shape index (κ1) is 29.9. The highest BCUT2D eigenvalue weighted by atomic mass is 32.2. The normalized spacial score (nSPS) is 13.7. The third-order valence-electron chi connectivity index (χ3n) is 6.52. The van der Waals surface area contributed by atoms with E-state index >= 15 is 0 Å². The van der Waals surface area contributed by atoms with Crippen molar-refractivity contribution >= 4 is 16.0 Å². The van der Waals surface area contributed by atoms with Crippen LogP contribution in [0.1, 0.15) is 55.1 Å². The third kappa shape index (κ3) is 7.47. The summed E-state index contributed by atoms with van der Waals surface area (Å²) in [5.74, 6) is 5.94. The van der Waals surface area contributed by atoms with Crippen LogP contribution in [0, 0.1) is 24.7 Å². The SMILES string of the molecule is C=CCN([C@@H](CC(C)C)[C@@](C#Cc1ccccc1)(CC)OC(=O)c1ccccc1)S(=O)(=O)c1ccc(C)cc1. The van der Waals surface area contributed by atoms with Crippen molar-refractivity contribution in [1.29, 1.82) is 0 Å². The molecule has 0 saturated carbocycles. The number of ether oxygens (including phenoxy) is 1. The molecule has 0 unspecified atom stereocenters. The van der Waals surface area contributed by atoms with Gasteiger partial charge in [-0.2, -0.15) is 4.31 Å². The van der Waals surface area contributed by atoms with Gasteiger partial charge in [0.2, 0.25) is 10.0 Å².